The van der Waals surface area contributed by atoms with E-state index in [-0.39, 0.29) is 0 Å². The van der Waals surface area contributed by atoms with Crippen LogP contribution in [-0.4, -0.2) is 21.6 Å². The van der Waals surface area contributed by atoms with Gasteiger partial charge >= 0.3 is 0 Å². The maximum Gasteiger partial charge on any atom is 0.172 e. The molecule has 2 heterocycles. The van der Waals surface area contributed by atoms with E-state index in [0.29, 0.717) is 16.7 Å². The van der Waals surface area contributed by atoms with Crippen LogP contribution in [0.4, 0.5) is 0 Å². The molecule has 0 atom stereocenters. The van der Waals surface area contributed by atoms with Crippen LogP contribution in [0.25, 0.3) is 11.0 Å². The minimum atomic E-state index is 0.588. The van der Waals surface area contributed by atoms with Crippen molar-refractivity contribution in [1.82, 2.24) is 15.0 Å². The molecule has 0 amide bonds. The number of pyridine rings is 1. The van der Waals surface area contributed by atoms with Gasteiger partial charge < -0.3 is 9.72 Å². The van der Waals surface area contributed by atoms with Gasteiger partial charge in [0.05, 0.1) is 22.7 Å². The van der Waals surface area contributed by atoms with Gasteiger partial charge in [0.25, 0.3) is 0 Å². The first-order chi connectivity index (χ1) is 10.2. The summed E-state index contributed by atoms with van der Waals surface area (Å²) in [5.41, 5.74) is 1.81. The summed E-state index contributed by atoms with van der Waals surface area (Å²) in [6.45, 7) is 2.60. The van der Waals surface area contributed by atoms with Crippen LogP contribution >= 0.6 is 39.3 Å². The molecule has 21 heavy (non-hydrogen) atoms. The Labute approximate surface area is 139 Å². The highest BCUT2D eigenvalue weighted by Crippen LogP contribution is 2.32. The van der Waals surface area contributed by atoms with Crippen molar-refractivity contribution in [3.63, 3.8) is 0 Å². The third-order valence-electron chi connectivity index (χ3n) is 2.71. The number of aromatic amines is 1. The van der Waals surface area contributed by atoms with Crippen molar-refractivity contribution in [2.24, 2.45) is 0 Å². The Hall–Kier alpha value is -1.24. The van der Waals surface area contributed by atoms with E-state index in [0.717, 1.165) is 26.4 Å². The van der Waals surface area contributed by atoms with Crippen molar-refractivity contribution < 1.29 is 4.74 Å². The average Bonchev–Trinajstić information content (AvgIpc) is 2.84. The number of hydrogen-bond donors (Lipinski definition) is 1. The van der Waals surface area contributed by atoms with Crippen molar-refractivity contribution in [2.45, 2.75) is 17.1 Å². The number of aromatic nitrogens is 3. The highest BCUT2D eigenvalue weighted by Gasteiger charge is 2.10. The number of benzene rings is 1. The Balaban J connectivity index is 1.90. The Morgan fingerprint density at radius 2 is 2.24 bits per heavy atom. The lowest BCUT2D eigenvalue weighted by atomic mass is 10.3. The van der Waals surface area contributed by atoms with E-state index in [4.69, 9.17) is 16.3 Å². The second-order valence-electron chi connectivity index (χ2n) is 4.20. The summed E-state index contributed by atoms with van der Waals surface area (Å²) >= 11 is 10.9. The van der Waals surface area contributed by atoms with E-state index in [1.54, 1.807) is 6.20 Å². The molecule has 0 aliphatic rings. The Kier molecular flexibility index (Phi) is 4.37. The second-order valence-corrected chi connectivity index (χ2v) is 6.50. The molecule has 3 rings (SSSR count). The van der Waals surface area contributed by atoms with Crippen LogP contribution < -0.4 is 4.74 Å². The first-order valence-electron chi connectivity index (χ1n) is 6.27. The summed E-state index contributed by atoms with van der Waals surface area (Å²) < 4.78 is 6.33. The van der Waals surface area contributed by atoms with Crippen molar-refractivity contribution in [3.8, 4) is 5.75 Å². The quantitative estimate of drug-likeness (QED) is 0.693. The zero-order chi connectivity index (χ0) is 14.8. The fourth-order valence-corrected chi connectivity index (χ4v) is 3.33. The number of ether oxygens (including phenoxy) is 1. The van der Waals surface area contributed by atoms with Crippen molar-refractivity contribution in [2.75, 3.05) is 6.61 Å². The molecule has 108 valence electrons. The molecule has 0 aliphatic heterocycles. The van der Waals surface area contributed by atoms with E-state index in [9.17, 15) is 0 Å². The molecule has 0 saturated heterocycles. The smallest absolute Gasteiger partial charge is 0.172 e. The predicted molar refractivity (Wildman–Crippen MR) is 88.3 cm³/mol. The zero-order valence-electron chi connectivity index (χ0n) is 11.1. The molecule has 0 fully saturated rings. The minimum Gasteiger partial charge on any atom is -0.494 e. The number of fused-ring (bicyclic) bond motifs is 1. The van der Waals surface area contributed by atoms with Crippen LogP contribution in [0.2, 0.25) is 5.02 Å². The molecule has 2 aromatic heterocycles. The van der Waals surface area contributed by atoms with Gasteiger partial charge in [0, 0.05) is 16.7 Å². The molecule has 3 aromatic rings. The van der Waals surface area contributed by atoms with Gasteiger partial charge in [-0.25, -0.2) is 9.97 Å². The molecule has 0 bridgehead atoms. The van der Waals surface area contributed by atoms with Gasteiger partial charge in [-0.2, -0.15) is 0 Å². The molecule has 0 aliphatic carbocycles. The van der Waals surface area contributed by atoms with Gasteiger partial charge in [0.15, 0.2) is 5.16 Å². The lowest BCUT2D eigenvalue weighted by molar-refractivity contribution is 0.340. The number of nitrogens with one attached hydrogen (secondary N) is 1. The van der Waals surface area contributed by atoms with Crippen LogP contribution in [-0.2, 0) is 0 Å². The van der Waals surface area contributed by atoms with E-state index in [1.807, 2.05) is 31.2 Å². The summed E-state index contributed by atoms with van der Waals surface area (Å²) in [5, 5.41) is 2.05. The number of rotatable bonds is 4. The van der Waals surface area contributed by atoms with Gasteiger partial charge in [0.2, 0.25) is 0 Å². The van der Waals surface area contributed by atoms with Gasteiger partial charge in [-0.1, -0.05) is 11.6 Å². The second kappa shape index (κ2) is 6.25. The standard InChI is InChI=1S/C14H11BrClN3OS/c1-2-20-9-3-4-11-12(6-9)19-14(18-11)21-13-10(16)5-8(15)7-17-13/h3-7H,2H2,1H3,(H,18,19). The lowest BCUT2D eigenvalue weighted by Crippen LogP contribution is -1.90. The Morgan fingerprint density at radius 3 is 3.00 bits per heavy atom. The van der Waals surface area contributed by atoms with Gasteiger partial charge in [-0.15, -0.1) is 0 Å². The van der Waals surface area contributed by atoms with Crippen molar-refractivity contribution in [1.29, 1.82) is 0 Å². The van der Waals surface area contributed by atoms with Crippen LogP contribution in [0.1, 0.15) is 6.92 Å². The van der Waals surface area contributed by atoms with E-state index in [1.165, 1.54) is 11.8 Å². The minimum absolute atomic E-state index is 0.588. The average molecular weight is 385 g/mol. The fourth-order valence-electron chi connectivity index (χ4n) is 1.84. The highest BCUT2D eigenvalue weighted by molar-refractivity contribution is 9.10. The lowest BCUT2D eigenvalue weighted by Gasteiger charge is -2.01. The van der Waals surface area contributed by atoms with E-state index in [2.05, 4.69) is 30.9 Å². The van der Waals surface area contributed by atoms with E-state index < -0.39 is 0 Å². The molecule has 7 heteroatoms. The molecular formula is C14H11BrClN3OS. The summed E-state index contributed by atoms with van der Waals surface area (Å²) in [6, 6.07) is 7.59. The van der Waals surface area contributed by atoms with Crippen molar-refractivity contribution in [3.05, 3.63) is 40.0 Å². The van der Waals surface area contributed by atoms with Crippen molar-refractivity contribution >= 4 is 50.3 Å². The number of halogens is 2. The Bertz CT molecular complexity index is 793. The van der Waals surface area contributed by atoms with Crippen LogP contribution in [0.3, 0.4) is 0 Å². The van der Waals surface area contributed by atoms with Crippen LogP contribution in [0.15, 0.2) is 45.1 Å². The van der Waals surface area contributed by atoms with Gasteiger partial charge in [-0.05, 0) is 52.8 Å². The maximum absolute atomic E-state index is 6.17. The number of imidazole rings is 1. The number of nitrogens with zero attached hydrogens (tertiary/aromatic N) is 2. The zero-order valence-corrected chi connectivity index (χ0v) is 14.2. The third-order valence-corrected chi connectivity index (χ3v) is 4.45. The summed E-state index contributed by atoms with van der Waals surface area (Å²) in [4.78, 5) is 12.1. The molecule has 0 spiro atoms. The predicted octanol–water partition coefficient (Wildman–Crippen LogP) is 4.92. The molecule has 1 aromatic carbocycles. The largest absolute Gasteiger partial charge is 0.494 e. The van der Waals surface area contributed by atoms with E-state index >= 15 is 0 Å². The fraction of sp³-hybridized carbons (Fsp3) is 0.143. The molecule has 4 nitrogen and oxygen atoms in total. The summed E-state index contributed by atoms with van der Waals surface area (Å²) in [7, 11) is 0. The van der Waals surface area contributed by atoms with Gasteiger partial charge in [-0.3, -0.25) is 0 Å². The molecule has 0 unspecified atom stereocenters. The summed E-state index contributed by atoms with van der Waals surface area (Å²) in [6.07, 6.45) is 1.71. The first kappa shape index (κ1) is 14.7. The normalized spacial score (nSPS) is 11.0. The Morgan fingerprint density at radius 1 is 1.38 bits per heavy atom. The third kappa shape index (κ3) is 3.33. The molecule has 0 radical (unpaired) electrons. The SMILES string of the molecule is CCOc1ccc2nc(Sc3ncc(Br)cc3Cl)[nH]c2c1. The molecule has 0 saturated carbocycles. The number of H-pyrrole nitrogens is 1. The van der Waals surface area contributed by atoms with Crippen LogP contribution in [0, 0.1) is 0 Å². The molecule has 1 N–H and O–H groups in total. The monoisotopic (exact) mass is 383 g/mol. The first-order valence-corrected chi connectivity index (χ1v) is 8.26. The number of hydrogen-bond acceptors (Lipinski definition) is 4. The maximum atomic E-state index is 6.17. The summed E-state index contributed by atoms with van der Waals surface area (Å²) in [5.74, 6) is 0.824. The highest BCUT2D eigenvalue weighted by atomic mass is 79.9. The topological polar surface area (TPSA) is 50.8 Å². The van der Waals surface area contributed by atoms with Gasteiger partial charge in [0.1, 0.15) is 10.8 Å². The van der Waals surface area contributed by atoms with Crippen LogP contribution in [0.5, 0.6) is 5.75 Å². The molecular weight excluding hydrogens is 374 g/mol.